The molecule has 1 aliphatic heterocycles. The second kappa shape index (κ2) is 9.21. The van der Waals surface area contributed by atoms with E-state index in [1.165, 1.54) is 0 Å². The van der Waals surface area contributed by atoms with Gasteiger partial charge in [-0.05, 0) is 55.4 Å². The summed E-state index contributed by atoms with van der Waals surface area (Å²) < 4.78 is 37.3. The van der Waals surface area contributed by atoms with E-state index >= 15 is 0 Å². The molecule has 176 valence electrons. The zero-order chi connectivity index (χ0) is 22.8. The molecule has 2 aromatic heterocycles. The van der Waals surface area contributed by atoms with Crippen LogP contribution in [-0.2, 0) is 15.6 Å². The van der Waals surface area contributed by atoms with Gasteiger partial charge in [-0.2, -0.15) is 0 Å². The summed E-state index contributed by atoms with van der Waals surface area (Å²) in [5.41, 5.74) is 1.59. The van der Waals surface area contributed by atoms with Crippen LogP contribution >= 0.6 is 0 Å². The first-order valence-electron chi connectivity index (χ1n) is 11.6. The molecule has 0 unspecified atom stereocenters. The molecular formula is C24H30N4O4S. The Morgan fingerprint density at radius 2 is 1.85 bits per heavy atom. The van der Waals surface area contributed by atoms with Crippen LogP contribution in [0.3, 0.4) is 0 Å². The number of ether oxygens (including phenoxy) is 2. The molecule has 2 aliphatic rings. The number of hydrogen-bond donors (Lipinski definition) is 1. The maximum Gasteiger partial charge on any atom is 0.161 e. The third kappa shape index (κ3) is 4.93. The monoisotopic (exact) mass is 470 g/mol. The van der Waals surface area contributed by atoms with Crippen LogP contribution in [0.15, 0.2) is 36.8 Å². The molecule has 0 amide bonds. The summed E-state index contributed by atoms with van der Waals surface area (Å²) in [6.07, 6.45) is 8.00. The van der Waals surface area contributed by atoms with Crippen LogP contribution in [0.1, 0.15) is 37.7 Å². The van der Waals surface area contributed by atoms with Gasteiger partial charge in [-0.25, -0.2) is 18.4 Å². The fourth-order valence-corrected chi connectivity index (χ4v) is 6.84. The summed E-state index contributed by atoms with van der Waals surface area (Å²) in [5.74, 6) is 2.72. The summed E-state index contributed by atoms with van der Waals surface area (Å²) >= 11 is 0. The van der Waals surface area contributed by atoms with Crippen molar-refractivity contribution >= 4 is 26.7 Å². The van der Waals surface area contributed by atoms with Crippen molar-refractivity contribution in [1.29, 1.82) is 0 Å². The zero-order valence-electron chi connectivity index (χ0n) is 18.9. The molecule has 1 aromatic carbocycles. The van der Waals surface area contributed by atoms with E-state index in [0.29, 0.717) is 30.8 Å². The number of hydrogen-bond acceptors (Lipinski definition) is 7. The van der Waals surface area contributed by atoms with E-state index in [9.17, 15) is 8.42 Å². The number of aromatic nitrogens is 3. The van der Waals surface area contributed by atoms with Crippen molar-refractivity contribution in [2.24, 2.45) is 5.92 Å². The van der Waals surface area contributed by atoms with Gasteiger partial charge in [0.1, 0.15) is 17.8 Å². The number of sulfone groups is 1. The summed E-state index contributed by atoms with van der Waals surface area (Å²) in [6, 6.07) is 7.81. The van der Waals surface area contributed by atoms with Crippen LogP contribution < -0.4 is 14.4 Å². The zero-order valence-corrected chi connectivity index (χ0v) is 19.7. The van der Waals surface area contributed by atoms with Crippen LogP contribution in [-0.4, -0.2) is 55.4 Å². The minimum absolute atomic E-state index is 0.0376. The highest BCUT2D eigenvalue weighted by Crippen LogP contribution is 2.34. The Labute approximate surface area is 194 Å². The highest BCUT2D eigenvalue weighted by atomic mass is 32.2. The number of nitrogens with one attached hydrogen (secondary N) is 1. The maximum atomic E-state index is 13.0. The van der Waals surface area contributed by atoms with Gasteiger partial charge in [0.2, 0.25) is 0 Å². The van der Waals surface area contributed by atoms with Crippen molar-refractivity contribution in [3.05, 3.63) is 42.4 Å². The lowest BCUT2D eigenvalue weighted by Crippen LogP contribution is -2.37. The molecule has 33 heavy (non-hydrogen) atoms. The minimum Gasteiger partial charge on any atom is -0.490 e. The van der Waals surface area contributed by atoms with Crippen LogP contribution in [0.5, 0.6) is 11.5 Å². The fraction of sp³-hybridized carbons (Fsp3) is 0.500. The second-order valence-corrected chi connectivity index (χ2v) is 11.2. The Balaban J connectivity index is 1.18. The van der Waals surface area contributed by atoms with E-state index in [-0.39, 0.29) is 17.4 Å². The largest absolute Gasteiger partial charge is 0.490 e. The molecule has 3 aromatic rings. The van der Waals surface area contributed by atoms with Crippen molar-refractivity contribution in [2.75, 3.05) is 30.9 Å². The van der Waals surface area contributed by atoms with E-state index in [1.807, 2.05) is 30.5 Å². The second-order valence-electron chi connectivity index (χ2n) is 9.11. The molecule has 8 nitrogen and oxygen atoms in total. The first kappa shape index (κ1) is 22.0. The fourth-order valence-electron chi connectivity index (χ4n) is 4.98. The molecule has 0 radical (unpaired) electrons. The van der Waals surface area contributed by atoms with Gasteiger partial charge in [-0.15, -0.1) is 0 Å². The van der Waals surface area contributed by atoms with Gasteiger partial charge in [0.15, 0.2) is 21.3 Å². The van der Waals surface area contributed by atoms with E-state index in [4.69, 9.17) is 9.47 Å². The molecule has 1 fully saturated rings. The summed E-state index contributed by atoms with van der Waals surface area (Å²) in [6.45, 7) is 1.21. The standard InChI is InChI=1S/C24H30N4O4S/c1-28(24-20-9-10-25-23(20)26-16-27-24)19-6-3-17(4-7-19)14-33(29,30)15-18-5-8-21-22(13-18)32-12-2-11-31-21/h5,8-10,13,16-17,19H,2-4,6-7,11-12,14-15H2,1H3,(H,25,26,27). The van der Waals surface area contributed by atoms with Gasteiger partial charge < -0.3 is 19.4 Å². The lowest BCUT2D eigenvalue weighted by molar-refractivity contribution is 0.297. The number of fused-ring (bicyclic) bond motifs is 2. The van der Waals surface area contributed by atoms with Gasteiger partial charge in [-0.3, -0.25) is 0 Å². The molecule has 1 N–H and O–H groups in total. The molecule has 0 spiro atoms. The number of H-pyrrole nitrogens is 1. The van der Waals surface area contributed by atoms with Crippen molar-refractivity contribution in [2.45, 2.75) is 43.9 Å². The minimum atomic E-state index is -3.22. The average molecular weight is 471 g/mol. The smallest absolute Gasteiger partial charge is 0.161 e. The molecule has 3 heterocycles. The molecular weight excluding hydrogens is 440 g/mol. The maximum absolute atomic E-state index is 13.0. The Morgan fingerprint density at radius 1 is 1.06 bits per heavy atom. The van der Waals surface area contributed by atoms with Crippen LogP contribution in [0.2, 0.25) is 0 Å². The molecule has 9 heteroatoms. The molecule has 0 saturated heterocycles. The number of nitrogens with zero attached hydrogens (tertiary/aromatic N) is 3. The third-order valence-corrected chi connectivity index (χ3v) is 8.47. The van der Waals surface area contributed by atoms with Crippen LogP contribution in [0.4, 0.5) is 5.82 Å². The van der Waals surface area contributed by atoms with Crippen LogP contribution in [0.25, 0.3) is 11.0 Å². The van der Waals surface area contributed by atoms with Gasteiger partial charge in [0.25, 0.3) is 0 Å². The summed E-state index contributed by atoms with van der Waals surface area (Å²) in [7, 11) is -1.15. The number of anilines is 1. The topological polar surface area (TPSA) is 97.4 Å². The molecule has 5 rings (SSSR count). The first-order valence-corrected chi connectivity index (χ1v) is 13.4. The van der Waals surface area contributed by atoms with Crippen molar-refractivity contribution in [3.8, 4) is 11.5 Å². The van der Waals surface area contributed by atoms with Gasteiger partial charge in [0.05, 0.1) is 30.1 Å². The first-order chi connectivity index (χ1) is 16.0. The molecule has 0 atom stereocenters. The Hall–Kier alpha value is -2.81. The van der Waals surface area contributed by atoms with Gasteiger partial charge in [0, 0.05) is 25.7 Å². The van der Waals surface area contributed by atoms with Crippen LogP contribution in [0, 0.1) is 5.92 Å². The summed E-state index contributed by atoms with van der Waals surface area (Å²) in [4.78, 5) is 14.1. The SMILES string of the molecule is CN(c1ncnc2[nH]ccc12)C1CCC(CS(=O)(=O)Cc2ccc3c(c2)OCCCO3)CC1. The Kier molecular flexibility index (Phi) is 6.14. The van der Waals surface area contributed by atoms with Gasteiger partial charge in [-0.1, -0.05) is 6.07 Å². The van der Waals surface area contributed by atoms with E-state index in [0.717, 1.165) is 54.5 Å². The Bertz CT molecular complexity index is 1220. The predicted octanol–water partition coefficient (Wildman–Crippen LogP) is 3.73. The molecule has 1 aliphatic carbocycles. The van der Waals surface area contributed by atoms with E-state index in [1.54, 1.807) is 6.33 Å². The molecule has 1 saturated carbocycles. The van der Waals surface area contributed by atoms with E-state index < -0.39 is 9.84 Å². The van der Waals surface area contributed by atoms with E-state index in [2.05, 4.69) is 26.9 Å². The number of benzene rings is 1. The normalized spacial score (nSPS) is 21.0. The van der Waals surface area contributed by atoms with Gasteiger partial charge >= 0.3 is 0 Å². The lowest BCUT2D eigenvalue weighted by atomic mass is 9.86. The number of rotatable bonds is 6. The predicted molar refractivity (Wildman–Crippen MR) is 128 cm³/mol. The summed E-state index contributed by atoms with van der Waals surface area (Å²) in [5, 5.41) is 1.01. The van der Waals surface area contributed by atoms with Crippen molar-refractivity contribution in [3.63, 3.8) is 0 Å². The van der Waals surface area contributed by atoms with Crippen molar-refractivity contribution in [1.82, 2.24) is 15.0 Å². The molecule has 0 bridgehead atoms. The highest BCUT2D eigenvalue weighted by molar-refractivity contribution is 7.90. The van der Waals surface area contributed by atoms with Crippen molar-refractivity contribution < 1.29 is 17.9 Å². The highest BCUT2D eigenvalue weighted by Gasteiger charge is 2.29. The average Bonchev–Trinajstić information content (AvgIpc) is 3.17. The number of aromatic amines is 1. The third-order valence-electron chi connectivity index (χ3n) is 6.72. The lowest BCUT2D eigenvalue weighted by Gasteiger charge is -2.35. The Morgan fingerprint density at radius 3 is 2.67 bits per heavy atom. The quantitative estimate of drug-likeness (QED) is 0.586.